The molecule has 0 aromatic heterocycles. The van der Waals surface area contributed by atoms with Crippen LogP contribution in [-0.2, 0) is 16.4 Å². The minimum Gasteiger partial charge on any atom is -0.369 e. The van der Waals surface area contributed by atoms with Crippen LogP contribution in [0.2, 0.25) is 0 Å². The van der Waals surface area contributed by atoms with Gasteiger partial charge >= 0.3 is 0 Å². The maximum Gasteiger partial charge on any atom is 0.153 e. The van der Waals surface area contributed by atoms with Crippen LogP contribution in [0.25, 0.3) is 0 Å². The largest absolute Gasteiger partial charge is 0.369 e. The first-order valence-corrected chi connectivity index (χ1v) is 7.28. The molecule has 0 unspecified atom stereocenters. The van der Waals surface area contributed by atoms with Gasteiger partial charge < -0.3 is 10.6 Å². The Bertz CT molecular complexity index is 502. The van der Waals surface area contributed by atoms with E-state index in [1.165, 1.54) is 12.1 Å². The number of halogens is 1. The SMILES string of the molecule is NCc1cc(F)ccc1N1CCS(=O)(=O)CC1. The van der Waals surface area contributed by atoms with Crippen molar-refractivity contribution >= 4 is 15.5 Å². The van der Waals surface area contributed by atoms with E-state index >= 15 is 0 Å². The lowest BCUT2D eigenvalue weighted by atomic mass is 10.1. The number of rotatable bonds is 2. The first-order valence-electron chi connectivity index (χ1n) is 5.46. The van der Waals surface area contributed by atoms with Crippen LogP contribution in [0.4, 0.5) is 10.1 Å². The Morgan fingerprint density at radius 3 is 2.53 bits per heavy atom. The molecule has 1 saturated heterocycles. The zero-order valence-electron chi connectivity index (χ0n) is 9.39. The third kappa shape index (κ3) is 2.76. The average Bonchev–Trinajstić information content (AvgIpc) is 2.29. The van der Waals surface area contributed by atoms with Gasteiger partial charge in [-0.05, 0) is 23.8 Å². The Morgan fingerprint density at radius 1 is 1.29 bits per heavy atom. The summed E-state index contributed by atoms with van der Waals surface area (Å²) in [5, 5.41) is 0. The number of sulfone groups is 1. The third-order valence-electron chi connectivity index (χ3n) is 2.95. The van der Waals surface area contributed by atoms with Crippen molar-refractivity contribution in [3.8, 4) is 0 Å². The lowest BCUT2D eigenvalue weighted by Gasteiger charge is -2.30. The minimum absolute atomic E-state index is 0.147. The number of anilines is 1. The van der Waals surface area contributed by atoms with Gasteiger partial charge in [0.15, 0.2) is 9.84 Å². The van der Waals surface area contributed by atoms with Gasteiger partial charge in [0, 0.05) is 25.3 Å². The van der Waals surface area contributed by atoms with Crippen LogP contribution in [0, 0.1) is 5.82 Å². The molecule has 94 valence electrons. The zero-order chi connectivity index (χ0) is 12.5. The van der Waals surface area contributed by atoms with Crippen molar-refractivity contribution < 1.29 is 12.8 Å². The molecule has 1 aliphatic rings. The van der Waals surface area contributed by atoms with Crippen LogP contribution < -0.4 is 10.6 Å². The highest BCUT2D eigenvalue weighted by Gasteiger charge is 2.23. The molecule has 0 saturated carbocycles. The lowest BCUT2D eigenvalue weighted by Crippen LogP contribution is -2.40. The van der Waals surface area contributed by atoms with E-state index in [2.05, 4.69) is 0 Å². The molecule has 1 aliphatic heterocycles. The predicted molar refractivity (Wildman–Crippen MR) is 65.2 cm³/mol. The molecule has 4 nitrogen and oxygen atoms in total. The first-order chi connectivity index (χ1) is 8.02. The first kappa shape index (κ1) is 12.3. The van der Waals surface area contributed by atoms with Gasteiger partial charge in [-0.1, -0.05) is 0 Å². The molecule has 2 N–H and O–H groups in total. The number of nitrogens with two attached hydrogens (primary N) is 1. The minimum atomic E-state index is -2.90. The second-order valence-corrected chi connectivity index (χ2v) is 6.42. The van der Waals surface area contributed by atoms with Crippen LogP contribution in [0.1, 0.15) is 5.56 Å². The van der Waals surface area contributed by atoms with Crippen LogP contribution in [0.15, 0.2) is 18.2 Å². The van der Waals surface area contributed by atoms with Gasteiger partial charge in [0.2, 0.25) is 0 Å². The summed E-state index contributed by atoms with van der Waals surface area (Å²) in [5.74, 6) is -0.0261. The average molecular weight is 258 g/mol. The molecular weight excluding hydrogens is 243 g/mol. The topological polar surface area (TPSA) is 63.4 Å². The second kappa shape index (κ2) is 4.62. The fourth-order valence-corrected chi connectivity index (χ4v) is 3.18. The maximum atomic E-state index is 13.1. The molecule has 17 heavy (non-hydrogen) atoms. The molecule has 0 atom stereocenters. The molecule has 1 aromatic carbocycles. The molecule has 1 aromatic rings. The van der Waals surface area contributed by atoms with Crippen LogP contribution in [0.3, 0.4) is 0 Å². The van der Waals surface area contributed by atoms with Gasteiger partial charge in [0.1, 0.15) is 5.82 Å². The molecule has 2 rings (SSSR count). The van der Waals surface area contributed by atoms with E-state index in [0.29, 0.717) is 18.7 Å². The van der Waals surface area contributed by atoms with Crippen LogP contribution >= 0.6 is 0 Å². The fourth-order valence-electron chi connectivity index (χ4n) is 1.98. The van der Waals surface area contributed by atoms with E-state index in [1.54, 1.807) is 6.07 Å². The number of hydrogen-bond donors (Lipinski definition) is 1. The number of nitrogens with zero attached hydrogens (tertiary/aromatic N) is 1. The summed E-state index contributed by atoms with van der Waals surface area (Å²) in [4.78, 5) is 1.95. The van der Waals surface area contributed by atoms with E-state index in [4.69, 9.17) is 5.73 Å². The summed E-state index contributed by atoms with van der Waals surface area (Å²) < 4.78 is 35.7. The van der Waals surface area contributed by atoms with Crippen molar-refractivity contribution in [2.24, 2.45) is 5.73 Å². The summed E-state index contributed by atoms with van der Waals surface area (Å²) in [7, 11) is -2.90. The Kier molecular flexibility index (Phi) is 3.35. The highest BCUT2D eigenvalue weighted by atomic mass is 32.2. The van der Waals surface area contributed by atoms with Gasteiger partial charge in [-0.15, -0.1) is 0 Å². The van der Waals surface area contributed by atoms with Gasteiger partial charge in [0.25, 0.3) is 0 Å². The van der Waals surface area contributed by atoms with Gasteiger partial charge in [0.05, 0.1) is 11.5 Å². The van der Waals surface area contributed by atoms with E-state index in [-0.39, 0.29) is 23.9 Å². The molecule has 0 radical (unpaired) electrons. The van der Waals surface area contributed by atoms with Crippen LogP contribution in [0.5, 0.6) is 0 Å². The normalized spacial score (nSPS) is 19.3. The van der Waals surface area contributed by atoms with Crippen molar-refractivity contribution in [1.82, 2.24) is 0 Å². The summed E-state index contributed by atoms with van der Waals surface area (Å²) >= 11 is 0. The van der Waals surface area contributed by atoms with Gasteiger partial charge in [-0.2, -0.15) is 0 Å². The van der Waals surface area contributed by atoms with E-state index in [1.807, 2.05) is 4.90 Å². The standard InChI is InChI=1S/C11H15FN2O2S/c12-10-1-2-11(9(7-10)8-13)14-3-5-17(15,16)6-4-14/h1-2,7H,3-6,8,13H2. The third-order valence-corrected chi connectivity index (χ3v) is 4.56. The van der Waals surface area contributed by atoms with Crippen molar-refractivity contribution in [1.29, 1.82) is 0 Å². The van der Waals surface area contributed by atoms with Gasteiger partial charge in [-0.3, -0.25) is 0 Å². The van der Waals surface area contributed by atoms with Gasteiger partial charge in [-0.25, -0.2) is 12.8 Å². The summed E-state index contributed by atoms with van der Waals surface area (Å²) in [5.41, 5.74) is 7.12. The smallest absolute Gasteiger partial charge is 0.153 e. The summed E-state index contributed by atoms with van der Waals surface area (Å²) in [6.07, 6.45) is 0. The highest BCUT2D eigenvalue weighted by molar-refractivity contribution is 7.91. The molecule has 6 heteroatoms. The number of hydrogen-bond acceptors (Lipinski definition) is 4. The van der Waals surface area contributed by atoms with Crippen molar-refractivity contribution in [2.45, 2.75) is 6.54 Å². The van der Waals surface area contributed by atoms with E-state index in [9.17, 15) is 12.8 Å². The second-order valence-electron chi connectivity index (χ2n) is 4.12. The quantitative estimate of drug-likeness (QED) is 0.840. The van der Waals surface area contributed by atoms with Crippen molar-refractivity contribution in [3.63, 3.8) is 0 Å². The van der Waals surface area contributed by atoms with E-state index in [0.717, 1.165) is 5.69 Å². The monoisotopic (exact) mass is 258 g/mol. The summed E-state index contributed by atoms with van der Waals surface area (Å²) in [6.45, 7) is 1.14. The Morgan fingerprint density at radius 2 is 1.94 bits per heavy atom. The maximum absolute atomic E-state index is 13.1. The Hall–Kier alpha value is -1.14. The zero-order valence-corrected chi connectivity index (χ0v) is 10.2. The molecule has 0 aliphatic carbocycles. The Labute approximate surface area is 100 Å². The predicted octanol–water partition coefficient (Wildman–Crippen LogP) is 0.519. The molecule has 0 bridgehead atoms. The van der Waals surface area contributed by atoms with Crippen LogP contribution in [-0.4, -0.2) is 33.0 Å². The van der Waals surface area contributed by atoms with E-state index < -0.39 is 9.84 Å². The highest BCUT2D eigenvalue weighted by Crippen LogP contribution is 2.23. The molecule has 0 spiro atoms. The number of benzene rings is 1. The van der Waals surface area contributed by atoms with Crippen molar-refractivity contribution in [3.05, 3.63) is 29.6 Å². The lowest BCUT2D eigenvalue weighted by molar-refractivity contribution is 0.586. The molecule has 0 amide bonds. The summed E-state index contributed by atoms with van der Waals surface area (Å²) in [6, 6.07) is 4.44. The van der Waals surface area contributed by atoms with Crippen molar-refractivity contribution in [2.75, 3.05) is 29.5 Å². The molecular formula is C11H15FN2O2S. The Balaban J connectivity index is 2.24. The molecule has 1 fully saturated rings. The fraction of sp³-hybridized carbons (Fsp3) is 0.455. The molecule has 1 heterocycles.